The Bertz CT molecular complexity index is 2190. The minimum Gasteiger partial charge on any atom is -0.394 e. The van der Waals surface area contributed by atoms with E-state index < -0.39 is 71.0 Å². The maximum Gasteiger partial charge on any atom is 0.325 e. The van der Waals surface area contributed by atoms with Crippen molar-refractivity contribution < 1.29 is 43.2 Å². The van der Waals surface area contributed by atoms with Crippen LogP contribution in [0.15, 0.2) is 65.8 Å². The number of amides is 5. The zero-order chi connectivity index (χ0) is 39.0. The third-order valence-electron chi connectivity index (χ3n) is 10.1. The number of nitrogens with zero attached hydrogens (tertiary/aromatic N) is 6. The molecule has 1 saturated carbocycles. The number of carbonyl (C=O) groups excluding carboxylic acids is 3. The molecular formula is C34H41N11O9S. The molecule has 7 atom stereocenters. The summed E-state index contributed by atoms with van der Waals surface area (Å²) >= 11 is 0. The van der Waals surface area contributed by atoms with Gasteiger partial charge in [0, 0.05) is 24.8 Å². The molecule has 3 fully saturated rings. The van der Waals surface area contributed by atoms with E-state index in [0.717, 1.165) is 10.5 Å². The Kier molecular flexibility index (Phi) is 10.6. The third-order valence-corrected chi connectivity index (χ3v) is 11.0. The monoisotopic (exact) mass is 779 g/mol. The van der Waals surface area contributed by atoms with E-state index in [1.807, 2.05) is 35.2 Å². The second-order valence-electron chi connectivity index (χ2n) is 13.8. The number of benzene rings is 2. The van der Waals surface area contributed by atoms with Crippen LogP contribution in [0.1, 0.15) is 24.4 Å². The van der Waals surface area contributed by atoms with Crippen molar-refractivity contribution in [1.82, 2.24) is 35.1 Å². The van der Waals surface area contributed by atoms with Crippen LogP contribution in [0.5, 0.6) is 0 Å². The van der Waals surface area contributed by atoms with Crippen LogP contribution >= 0.6 is 0 Å². The number of aliphatic hydroxyl groups is 4. The summed E-state index contributed by atoms with van der Waals surface area (Å²) in [6.07, 6.45) is -0.646. The van der Waals surface area contributed by atoms with E-state index in [1.54, 1.807) is 4.57 Å². The first-order valence-corrected chi connectivity index (χ1v) is 19.1. The topological polar surface area (TPSA) is 290 Å². The molecule has 10 N–H and O–H groups in total. The fourth-order valence-corrected chi connectivity index (χ4v) is 7.87. The van der Waals surface area contributed by atoms with Gasteiger partial charge in [0.25, 0.3) is 5.91 Å². The molecule has 2 aliphatic heterocycles. The Morgan fingerprint density at radius 2 is 1.80 bits per heavy atom. The smallest absolute Gasteiger partial charge is 0.325 e. The van der Waals surface area contributed by atoms with E-state index in [4.69, 9.17) is 15.1 Å². The number of aromatic nitrogens is 4. The largest absolute Gasteiger partial charge is 0.394 e. The number of rotatable bonds is 12. The van der Waals surface area contributed by atoms with Crippen LogP contribution in [-0.4, -0.2) is 134 Å². The lowest BCUT2D eigenvalue weighted by molar-refractivity contribution is -0.131. The number of nitrogens with one attached hydrogen (secondary N) is 4. The summed E-state index contributed by atoms with van der Waals surface area (Å²) in [5, 5.41) is 58.7. The van der Waals surface area contributed by atoms with Gasteiger partial charge in [0.1, 0.15) is 18.2 Å². The van der Waals surface area contributed by atoms with Gasteiger partial charge in [0.15, 0.2) is 17.0 Å². The maximum absolute atomic E-state index is 12.9. The quantitative estimate of drug-likeness (QED) is 0.0767. The predicted molar refractivity (Wildman–Crippen MR) is 196 cm³/mol. The Labute approximate surface area is 314 Å². The Hall–Kier alpha value is -5.45. The van der Waals surface area contributed by atoms with E-state index in [-0.39, 0.29) is 53.6 Å². The fraction of sp³-hybridized carbons (Fsp3) is 0.412. The highest BCUT2D eigenvalue weighted by Gasteiger charge is 2.52. The van der Waals surface area contributed by atoms with Crippen molar-refractivity contribution in [3.8, 4) is 0 Å². The van der Waals surface area contributed by atoms with Crippen molar-refractivity contribution in [2.75, 3.05) is 41.8 Å². The number of primary sulfonamides is 1. The standard InChI is InChI=1S/C34H41N11O9S/c35-55(53,54)22-8-4-7-19(12-22)38-33(51)39-20-9-10-43(14-20)32-41-29(37-21(15-46)11-18-5-2-1-3-6-18)26-30(42-32)44(17-36-26)24-13-25(28(49)27(24)48)45-31(50)23(16-47)40-34(45)52/h1-8,12,17,20-21,23-25,27-28,46-49H,9-11,13-16H2,(H,40,52)(H2,35,53,54)(H,37,41,42)(H2,38,39,51)/t20-,21+,23?,24-,25+,27+,28-/m1/s1. The van der Waals surface area contributed by atoms with Gasteiger partial charge < -0.3 is 51.2 Å². The molecule has 2 aromatic carbocycles. The first kappa shape index (κ1) is 37.8. The lowest BCUT2D eigenvalue weighted by atomic mass is 10.1. The van der Waals surface area contributed by atoms with Gasteiger partial charge in [-0.1, -0.05) is 36.4 Å². The van der Waals surface area contributed by atoms with Crippen LogP contribution < -0.4 is 31.3 Å². The zero-order valence-corrected chi connectivity index (χ0v) is 30.1. The number of carbonyl (C=O) groups is 3. The highest BCUT2D eigenvalue weighted by Crippen LogP contribution is 2.38. The van der Waals surface area contributed by atoms with Crippen molar-refractivity contribution in [2.24, 2.45) is 5.14 Å². The summed E-state index contributed by atoms with van der Waals surface area (Å²) in [5.41, 5.74) is 1.75. The number of anilines is 3. The number of aliphatic hydroxyl groups excluding tert-OH is 4. The van der Waals surface area contributed by atoms with Crippen LogP contribution in [-0.2, 0) is 21.2 Å². The van der Waals surface area contributed by atoms with E-state index in [1.165, 1.54) is 30.6 Å². The van der Waals surface area contributed by atoms with Crippen molar-refractivity contribution in [2.45, 2.75) is 66.6 Å². The number of sulfonamides is 1. The van der Waals surface area contributed by atoms with Crippen LogP contribution in [0, 0.1) is 0 Å². The van der Waals surface area contributed by atoms with Gasteiger partial charge >= 0.3 is 12.1 Å². The molecule has 4 aromatic rings. The summed E-state index contributed by atoms with van der Waals surface area (Å²) in [6.45, 7) is -0.174. The molecule has 292 valence electrons. The molecule has 20 nitrogen and oxygen atoms in total. The van der Waals surface area contributed by atoms with Crippen molar-refractivity contribution >= 4 is 56.6 Å². The third kappa shape index (κ3) is 7.74. The molecule has 2 aromatic heterocycles. The molecule has 7 rings (SSSR count). The Morgan fingerprint density at radius 3 is 2.51 bits per heavy atom. The number of hydrogen-bond acceptors (Lipinski definition) is 14. The SMILES string of the molecule is NS(=O)(=O)c1cccc(NC(=O)N[C@@H]2CCN(c3nc(N[C@H](CO)Cc4ccccc4)c4ncn([C@@H]5C[C@H](N6C(=O)NC(CO)C6=O)[C@@H](O)[C@H]5O)c4n3)C2)c1. The highest BCUT2D eigenvalue weighted by atomic mass is 32.2. The molecule has 5 amide bonds. The van der Waals surface area contributed by atoms with E-state index >= 15 is 0 Å². The predicted octanol–water partition coefficient (Wildman–Crippen LogP) is -1.16. The second kappa shape index (κ2) is 15.4. The highest BCUT2D eigenvalue weighted by molar-refractivity contribution is 7.89. The first-order valence-electron chi connectivity index (χ1n) is 17.6. The number of urea groups is 2. The number of imidazole rings is 1. The number of imide groups is 1. The summed E-state index contributed by atoms with van der Waals surface area (Å²) in [4.78, 5) is 55.2. The van der Waals surface area contributed by atoms with Crippen molar-refractivity contribution in [3.05, 3.63) is 66.5 Å². The molecule has 1 unspecified atom stereocenters. The summed E-state index contributed by atoms with van der Waals surface area (Å²) < 4.78 is 25.1. The molecule has 3 aliphatic rings. The van der Waals surface area contributed by atoms with E-state index in [9.17, 15) is 43.2 Å². The van der Waals surface area contributed by atoms with Gasteiger partial charge in [-0.25, -0.2) is 28.1 Å². The lowest BCUT2D eigenvalue weighted by Crippen LogP contribution is -2.47. The first-order chi connectivity index (χ1) is 26.3. The van der Waals surface area contributed by atoms with Crippen molar-refractivity contribution in [3.63, 3.8) is 0 Å². The van der Waals surface area contributed by atoms with Gasteiger partial charge in [-0.2, -0.15) is 9.97 Å². The minimum atomic E-state index is -3.97. The molecule has 0 radical (unpaired) electrons. The molecule has 2 saturated heterocycles. The molecule has 21 heteroatoms. The second-order valence-corrected chi connectivity index (χ2v) is 15.3. The van der Waals surface area contributed by atoms with Crippen LogP contribution in [0.25, 0.3) is 11.2 Å². The Balaban J connectivity index is 1.16. The fourth-order valence-electron chi connectivity index (χ4n) is 7.31. The normalized spacial score (nSPS) is 24.7. The molecular weight excluding hydrogens is 739 g/mol. The Morgan fingerprint density at radius 1 is 1.04 bits per heavy atom. The maximum atomic E-state index is 12.9. The molecule has 1 aliphatic carbocycles. The molecule has 4 heterocycles. The van der Waals surface area contributed by atoms with Crippen molar-refractivity contribution in [1.29, 1.82) is 0 Å². The van der Waals surface area contributed by atoms with Crippen LogP contribution in [0.3, 0.4) is 0 Å². The molecule has 55 heavy (non-hydrogen) atoms. The van der Waals surface area contributed by atoms with Crippen LogP contribution in [0.2, 0.25) is 0 Å². The lowest BCUT2D eigenvalue weighted by Gasteiger charge is -2.24. The van der Waals surface area contributed by atoms with Gasteiger partial charge in [-0.05, 0) is 43.0 Å². The minimum absolute atomic E-state index is 0.0502. The zero-order valence-electron chi connectivity index (χ0n) is 29.3. The van der Waals surface area contributed by atoms with E-state index in [0.29, 0.717) is 24.9 Å². The van der Waals surface area contributed by atoms with E-state index in [2.05, 4.69) is 26.3 Å². The summed E-state index contributed by atoms with van der Waals surface area (Å²) in [5.74, 6) is -0.197. The van der Waals surface area contributed by atoms with Gasteiger partial charge in [0.05, 0.1) is 42.6 Å². The summed E-state index contributed by atoms with van der Waals surface area (Å²) in [6, 6.07) is 9.71. The number of fused-ring (bicyclic) bond motifs is 1. The number of nitrogens with two attached hydrogens (primary N) is 1. The average molecular weight is 780 g/mol. The van der Waals surface area contributed by atoms with Gasteiger partial charge in [-0.3, -0.25) is 9.69 Å². The molecule has 0 bridgehead atoms. The van der Waals surface area contributed by atoms with Crippen LogP contribution in [0.4, 0.5) is 27.0 Å². The number of hydrogen-bond donors (Lipinski definition) is 9. The molecule has 0 spiro atoms. The van der Waals surface area contributed by atoms with Gasteiger partial charge in [-0.15, -0.1) is 0 Å². The van der Waals surface area contributed by atoms with Gasteiger partial charge in [0.2, 0.25) is 16.0 Å². The summed E-state index contributed by atoms with van der Waals surface area (Å²) in [7, 11) is -3.97. The average Bonchev–Trinajstić information content (AvgIpc) is 3.93.